The zero-order valence-corrected chi connectivity index (χ0v) is 11.1. The monoisotopic (exact) mass is 242 g/mol. The van der Waals surface area contributed by atoms with Gasteiger partial charge >= 0.3 is 0 Å². The first-order valence-electron chi connectivity index (χ1n) is 6.54. The molecule has 0 aromatic heterocycles. The molecule has 1 aliphatic rings. The number of carbonyl (C=O) groups is 1. The first-order valence-corrected chi connectivity index (χ1v) is 6.54. The molecule has 0 saturated carbocycles. The average molecular weight is 242 g/mol. The van der Waals surface area contributed by atoms with E-state index in [4.69, 9.17) is 5.73 Å². The minimum atomic E-state index is 0.139. The second-order valence-corrected chi connectivity index (χ2v) is 4.74. The molecule has 1 unspecified atom stereocenters. The zero-order chi connectivity index (χ0) is 12.7. The van der Waals surface area contributed by atoms with Crippen molar-refractivity contribution in [3.8, 4) is 0 Å². The van der Waals surface area contributed by atoms with Crippen molar-refractivity contribution in [1.82, 2.24) is 15.1 Å². The Morgan fingerprint density at radius 1 is 1.35 bits per heavy atom. The van der Waals surface area contributed by atoms with Gasteiger partial charge in [0.25, 0.3) is 0 Å². The highest BCUT2D eigenvalue weighted by Crippen LogP contribution is 2.06. The lowest BCUT2D eigenvalue weighted by molar-refractivity contribution is -0.120. The average Bonchev–Trinajstić information content (AvgIpc) is 2.38. The third kappa shape index (κ3) is 5.02. The number of carbonyl (C=O) groups excluding carboxylic acids is 1. The quantitative estimate of drug-likeness (QED) is 0.658. The van der Waals surface area contributed by atoms with Crippen molar-refractivity contribution in [2.75, 3.05) is 46.3 Å². The molecule has 0 aromatic rings. The summed E-state index contributed by atoms with van der Waals surface area (Å²) in [6.45, 7) is 8.32. The maximum absolute atomic E-state index is 11.1. The number of rotatable bonds is 6. The molecule has 1 heterocycles. The topological polar surface area (TPSA) is 61.6 Å². The van der Waals surface area contributed by atoms with Crippen molar-refractivity contribution < 1.29 is 4.79 Å². The van der Waals surface area contributed by atoms with E-state index < -0.39 is 0 Å². The lowest BCUT2D eigenvalue weighted by Crippen LogP contribution is -2.51. The molecule has 5 nitrogen and oxygen atoms in total. The largest absolute Gasteiger partial charge is 0.359 e. The fourth-order valence-corrected chi connectivity index (χ4v) is 2.17. The lowest BCUT2D eigenvalue weighted by atomic mass is 10.2. The van der Waals surface area contributed by atoms with E-state index in [0.29, 0.717) is 12.5 Å². The van der Waals surface area contributed by atoms with Gasteiger partial charge in [-0.15, -0.1) is 0 Å². The van der Waals surface area contributed by atoms with Crippen LogP contribution in [-0.4, -0.2) is 68.1 Å². The summed E-state index contributed by atoms with van der Waals surface area (Å²) < 4.78 is 0. The summed E-state index contributed by atoms with van der Waals surface area (Å²) >= 11 is 0. The van der Waals surface area contributed by atoms with E-state index in [9.17, 15) is 4.79 Å². The molecule has 0 aliphatic carbocycles. The Balaban J connectivity index is 2.13. The fraction of sp³-hybridized carbons (Fsp3) is 0.917. The molecule has 5 heteroatoms. The first-order chi connectivity index (χ1) is 8.17. The van der Waals surface area contributed by atoms with Crippen LogP contribution in [0.2, 0.25) is 0 Å². The normalized spacial score (nSPS) is 20.2. The van der Waals surface area contributed by atoms with Gasteiger partial charge in [0.2, 0.25) is 5.91 Å². The van der Waals surface area contributed by atoms with Crippen LogP contribution in [0.5, 0.6) is 0 Å². The van der Waals surface area contributed by atoms with Crippen LogP contribution < -0.4 is 11.1 Å². The van der Waals surface area contributed by atoms with Crippen molar-refractivity contribution in [3.05, 3.63) is 0 Å². The summed E-state index contributed by atoms with van der Waals surface area (Å²) in [7, 11) is 1.69. The molecular formula is C12H26N4O. The van der Waals surface area contributed by atoms with Crippen LogP contribution in [0, 0.1) is 0 Å². The van der Waals surface area contributed by atoms with Gasteiger partial charge in [-0.3, -0.25) is 9.69 Å². The van der Waals surface area contributed by atoms with E-state index in [1.54, 1.807) is 7.05 Å². The fourth-order valence-electron chi connectivity index (χ4n) is 2.17. The summed E-state index contributed by atoms with van der Waals surface area (Å²) in [5, 5.41) is 2.65. The number of hydrogen-bond acceptors (Lipinski definition) is 4. The molecular weight excluding hydrogens is 216 g/mol. The van der Waals surface area contributed by atoms with Gasteiger partial charge in [-0.2, -0.15) is 0 Å². The SMILES string of the molecule is CNC(=O)CCCN1CCN(C(C)CN)CC1. The molecule has 1 amide bonds. The maximum Gasteiger partial charge on any atom is 0.219 e. The van der Waals surface area contributed by atoms with E-state index in [0.717, 1.165) is 45.7 Å². The van der Waals surface area contributed by atoms with Crippen LogP contribution in [0.3, 0.4) is 0 Å². The van der Waals surface area contributed by atoms with Gasteiger partial charge in [-0.1, -0.05) is 0 Å². The first kappa shape index (κ1) is 14.4. The second-order valence-electron chi connectivity index (χ2n) is 4.74. The Bertz CT molecular complexity index is 227. The molecule has 0 bridgehead atoms. The molecule has 17 heavy (non-hydrogen) atoms. The predicted molar refractivity (Wildman–Crippen MR) is 69.8 cm³/mol. The van der Waals surface area contributed by atoms with Gasteiger partial charge in [0.15, 0.2) is 0 Å². The Hall–Kier alpha value is -0.650. The van der Waals surface area contributed by atoms with Crippen LogP contribution in [-0.2, 0) is 4.79 Å². The minimum Gasteiger partial charge on any atom is -0.359 e. The van der Waals surface area contributed by atoms with E-state index in [1.165, 1.54) is 0 Å². The molecule has 3 N–H and O–H groups in total. The summed E-state index contributed by atoms with van der Waals surface area (Å²) in [6, 6.07) is 0.489. The molecule has 0 spiro atoms. The number of nitrogens with zero attached hydrogens (tertiary/aromatic N) is 2. The van der Waals surface area contributed by atoms with Gasteiger partial charge in [0.1, 0.15) is 0 Å². The molecule has 1 atom stereocenters. The summed E-state index contributed by atoms with van der Waals surface area (Å²) in [6.07, 6.45) is 1.59. The number of piperazine rings is 1. The van der Waals surface area contributed by atoms with Crippen LogP contribution in [0.4, 0.5) is 0 Å². The van der Waals surface area contributed by atoms with Crippen LogP contribution in [0.15, 0.2) is 0 Å². The number of amides is 1. The minimum absolute atomic E-state index is 0.139. The maximum atomic E-state index is 11.1. The van der Waals surface area contributed by atoms with Crippen molar-refractivity contribution in [2.24, 2.45) is 5.73 Å². The highest BCUT2D eigenvalue weighted by Gasteiger charge is 2.19. The van der Waals surface area contributed by atoms with Crippen molar-refractivity contribution in [2.45, 2.75) is 25.8 Å². The van der Waals surface area contributed by atoms with Crippen molar-refractivity contribution in [3.63, 3.8) is 0 Å². The zero-order valence-electron chi connectivity index (χ0n) is 11.1. The van der Waals surface area contributed by atoms with Crippen LogP contribution in [0.25, 0.3) is 0 Å². The molecule has 0 radical (unpaired) electrons. The van der Waals surface area contributed by atoms with Gasteiger partial charge in [0, 0.05) is 52.2 Å². The Morgan fingerprint density at radius 2 is 2.00 bits per heavy atom. The standard InChI is InChI=1S/C12H26N4O/c1-11(10-13)16-8-6-15(7-9-16)5-3-4-12(17)14-2/h11H,3-10,13H2,1-2H3,(H,14,17). The Kier molecular flexibility index (Phi) is 6.47. The molecule has 1 aliphatic heterocycles. The second kappa shape index (κ2) is 7.63. The van der Waals surface area contributed by atoms with Crippen LogP contribution in [0.1, 0.15) is 19.8 Å². The summed E-state index contributed by atoms with van der Waals surface area (Å²) in [4.78, 5) is 16.0. The van der Waals surface area contributed by atoms with Crippen molar-refractivity contribution >= 4 is 5.91 Å². The van der Waals surface area contributed by atoms with Gasteiger partial charge < -0.3 is 16.0 Å². The van der Waals surface area contributed by atoms with E-state index in [1.807, 2.05) is 0 Å². The number of nitrogens with two attached hydrogens (primary N) is 1. The van der Waals surface area contributed by atoms with E-state index >= 15 is 0 Å². The molecule has 100 valence electrons. The third-order valence-electron chi connectivity index (χ3n) is 3.53. The van der Waals surface area contributed by atoms with Gasteiger partial charge in [0.05, 0.1) is 0 Å². The third-order valence-corrected chi connectivity index (χ3v) is 3.53. The lowest BCUT2D eigenvalue weighted by Gasteiger charge is -2.37. The van der Waals surface area contributed by atoms with E-state index in [-0.39, 0.29) is 5.91 Å². The Labute approximate surface area is 104 Å². The number of nitrogens with one attached hydrogen (secondary N) is 1. The van der Waals surface area contributed by atoms with Gasteiger partial charge in [-0.25, -0.2) is 0 Å². The van der Waals surface area contributed by atoms with Gasteiger partial charge in [-0.05, 0) is 19.9 Å². The van der Waals surface area contributed by atoms with Crippen molar-refractivity contribution in [1.29, 1.82) is 0 Å². The smallest absolute Gasteiger partial charge is 0.219 e. The number of hydrogen-bond donors (Lipinski definition) is 2. The highest BCUT2D eigenvalue weighted by molar-refractivity contribution is 5.75. The van der Waals surface area contributed by atoms with Crippen LogP contribution >= 0.6 is 0 Å². The Morgan fingerprint density at radius 3 is 2.53 bits per heavy atom. The predicted octanol–water partition coefficient (Wildman–Crippen LogP) is -0.523. The van der Waals surface area contributed by atoms with E-state index in [2.05, 4.69) is 22.0 Å². The molecule has 1 rings (SSSR count). The molecule has 0 aromatic carbocycles. The summed E-state index contributed by atoms with van der Waals surface area (Å²) in [5.41, 5.74) is 5.67. The summed E-state index contributed by atoms with van der Waals surface area (Å²) in [5.74, 6) is 0.139. The molecule has 1 fully saturated rings. The molecule has 1 saturated heterocycles. The highest BCUT2D eigenvalue weighted by atomic mass is 16.1.